The zero-order valence-corrected chi connectivity index (χ0v) is 8.04. The fourth-order valence-electron chi connectivity index (χ4n) is 1.45. The number of carbonyl (C=O) groups is 1. The molecule has 0 aromatic carbocycles. The second-order valence-corrected chi connectivity index (χ2v) is 3.79. The molecule has 1 aliphatic rings. The molecule has 1 amide bonds. The molecule has 1 aromatic heterocycles. The fourth-order valence-corrected chi connectivity index (χ4v) is 1.45. The van der Waals surface area contributed by atoms with Crippen molar-refractivity contribution >= 4 is 11.7 Å². The zero-order chi connectivity index (χ0) is 10.2. The molecule has 0 radical (unpaired) electrons. The number of amides is 1. The number of hydrogen-bond acceptors (Lipinski definition) is 4. The minimum atomic E-state index is -0.688. The predicted octanol–water partition coefficient (Wildman–Crippen LogP) is 0.803. The second-order valence-electron chi connectivity index (χ2n) is 3.79. The minimum Gasteiger partial charge on any atom is -0.360 e. The Kier molecular flexibility index (Phi) is 2.03. The Morgan fingerprint density at radius 3 is 2.86 bits per heavy atom. The average molecular weight is 195 g/mol. The van der Waals surface area contributed by atoms with E-state index >= 15 is 0 Å². The van der Waals surface area contributed by atoms with Crippen molar-refractivity contribution in [2.45, 2.75) is 31.7 Å². The molecule has 0 bridgehead atoms. The highest BCUT2D eigenvalue weighted by molar-refractivity contribution is 5.97. The maximum Gasteiger partial charge on any atom is 0.245 e. The molecular weight excluding hydrogens is 182 g/mol. The summed E-state index contributed by atoms with van der Waals surface area (Å²) in [7, 11) is 0. The van der Waals surface area contributed by atoms with Crippen LogP contribution < -0.4 is 11.1 Å². The molecule has 76 valence electrons. The molecule has 1 saturated carbocycles. The highest BCUT2D eigenvalue weighted by atomic mass is 16.5. The van der Waals surface area contributed by atoms with Gasteiger partial charge in [0.05, 0.1) is 5.54 Å². The topological polar surface area (TPSA) is 81.2 Å². The standard InChI is InChI=1S/C9H13N3O2/c1-6-5-7(12-14-6)11-8(13)9(10)3-2-4-9/h5H,2-4,10H2,1H3,(H,11,12,13). The molecule has 1 heterocycles. The van der Waals surface area contributed by atoms with Gasteiger partial charge in [-0.3, -0.25) is 4.79 Å². The van der Waals surface area contributed by atoms with Crippen LogP contribution in [0.3, 0.4) is 0 Å². The van der Waals surface area contributed by atoms with E-state index in [1.54, 1.807) is 13.0 Å². The first-order chi connectivity index (χ1) is 6.60. The summed E-state index contributed by atoms with van der Waals surface area (Å²) in [6.45, 7) is 1.77. The van der Waals surface area contributed by atoms with Crippen LogP contribution in [0.5, 0.6) is 0 Å². The zero-order valence-electron chi connectivity index (χ0n) is 8.04. The van der Waals surface area contributed by atoms with E-state index in [-0.39, 0.29) is 5.91 Å². The van der Waals surface area contributed by atoms with Crippen LogP contribution in [0.4, 0.5) is 5.82 Å². The first-order valence-electron chi connectivity index (χ1n) is 4.64. The summed E-state index contributed by atoms with van der Waals surface area (Å²) in [6.07, 6.45) is 2.51. The summed E-state index contributed by atoms with van der Waals surface area (Å²) in [6, 6.07) is 1.67. The average Bonchev–Trinajstić information content (AvgIpc) is 2.47. The Morgan fingerprint density at radius 1 is 1.71 bits per heavy atom. The molecule has 1 aromatic rings. The van der Waals surface area contributed by atoms with Gasteiger partial charge in [-0.2, -0.15) is 0 Å². The van der Waals surface area contributed by atoms with E-state index in [9.17, 15) is 4.79 Å². The monoisotopic (exact) mass is 195 g/mol. The fraction of sp³-hybridized carbons (Fsp3) is 0.556. The van der Waals surface area contributed by atoms with Crippen molar-refractivity contribution in [2.24, 2.45) is 5.73 Å². The van der Waals surface area contributed by atoms with Crippen LogP contribution in [0.25, 0.3) is 0 Å². The van der Waals surface area contributed by atoms with Crippen molar-refractivity contribution in [3.8, 4) is 0 Å². The number of aryl methyl sites for hydroxylation is 1. The van der Waals surface area contributed by atoms with Crippen molar-refractivity contribution in [3.63, 3.8) is 0 Å². The number of aromatic nitrogens is 1. The van der Waals surface area contributed by atoms with Crippen molar-refractivity contribution in [2.75, 3.05) is 5.32 Å². The normalized spacial score (nSPS) is 18.7. The van der Waals surface area contributed by atoms with Gasteiger partial charge in [0.15, 0.2) is 5.82 Å². The number of carbonyl (C=O) groups excluding carboxylic acids is 1. The Bertz CT molecular complexity index is 355. The lowest BCUT2D eigenvalue weighted by Crippen LogP contribution is -2.56. The van der Waals surface area contributed by atoms with Crippen molar-refractivity contribution in [1.29, 1.82) is 0 Å². The van der Waals surface area contributed by atoms with Gasteiger partial charge in [-0.1, -0.05) is 5.16 Å². The Balaban J connectivity index is 2.01. The van der Waals surface area contributed by atoms with E-state index in [4.69, 9.17) is 10.3 Å². The summed E-state index contributed by atoms with van der Waals surface area (Å²) in [5.41, 5.74) is 5.14. The molecule has 0 aliphatic heterocycles. The Morgan fingerprint density at radius 2 is 2.43 bits per heavy atom. The van der Waals surface area contributed by atoms with Crippen LogP contribution in [0, 0.1) is 6.92 Å². The molecule has 2 rings (SSSR count). The summed E-state index contributed by atoms with van der Waals surface area (Å²) >= 11 is 0. The summed E-state index contributed by atoms with van der Waals surface area (Å²) in [5.74, 6) is 0.932. The Hall–Kier alpha value is -1.36. The smallest absolute Gasteiger partial charge is 0.245 e. The summed E-state index contributed by atoms with van der Waals surface area (Å²) < 4.78 is 4.82. The van der Waals surface area contributed by atoms with Crippen LogP contribution >= 0.6 is 0 Å². The Labute approximate surface area is 81.6 Å². The van der Waals surface area contributed by atoms with Crippen LogP contribution in [-0.4, -0.2) is 16.6 Å². The van der Waals surface area contributed by atoms with E-state index in [2.05, 4.69) is 10.5 Å². The number of rotatable bonds is 2. The first-order valence-corrected chi connectivity index (χ1v) is 4.64. The van der Waals surface area contributed by atoms with E-state index in [0.717, 1.165) is 19.3 Å². The molecular formula is C9H13N3O2. The lowest BCUT2D eigenvalue weighted by molar-refractivity contribution is -0.123. The lowest BCUT2D eigenvalue weighted by atomic mass is 9.77. The number of nitrogens with one attached hydrogen (secondary N) is 1. The van der Waals surface area contributed by atoms with Crippen molar-refractivity contribution in [3.05, 3.63) is 11.8 Å². The maximum atomic E-state index is 11.6. The predicted molar refractivity (Wildman–Crippen MR) is 50.6 cm³/mol. The summed E-state index contributed by atoms with van der Waals surface area (Å²) in [4.78, 5) is 11.6. The molecule has 5 heteroatoms. The third-order valence-corrected chi connectivity index (χ3v) is 2.57. The number of anilines is 1. The van der Waals surface area contributed by atoms with Crippen molar-refractivity contribution < 1.29 is 9.32 Å². The SMILES string of the molecule is Cc1cc(NC(=O)C2(N)CCC2)no1. The van der Waals surface area contributed by atoms with Gasteiger partial charge in [0.25, 0.3) is 0 Å². The third-order valence-electron chi connectivity index (χ3n) is 2.57. The van der Waals surface area contributed by atoms with Gasteiger partial charge in [0.2, 0.25) is 5.91 Å². The second kappa shape index (κ2) is 3.09. The van der Waals surface area contributed by atoms with Gasteiger partial charge in [0.1, 0.15) is 5.76 Å². The van der Waals surface area contributed by atoms with Gasteiger partial charge < -0.3 is 15.6 Å². The van der Waals surface area contributed by atoms with Gasteiger partial charge in [-0.25, -0.2) is 0 Å². The van der Waals surface area contributed by atoms with Crippen LogP contribution in [0.15, 0.2) is 10.6 Å². The number of nitrogens with zero attached hydrogens (tertiary/aromatic N) is 1. The molecule has 0 atom stereocenters. The van der Waals surface area contributed by atoms with Crippen LogP contribution in [0.1, 0.15) is 25.0 Å². The van der Waals surface area contributed by atoms with E-state index in [1.165, 1.54) is 0 Å². The molecule has 0 saturated heterocycles. The van der Waals surface area contributed by atoms with E-state index < -0.39 is 5.54 Å². The van der Waals surface area contributed by atoms with Gasteiger partial charge in [0, 0.05) is 6.07 Å². The van der Waals surface area contributed by atoms with Gasteiger partial charge >= 0.3 is 0 Å². The lowest BCUT2D eigenvalue weighted by Gasteiger charge is -2.35. The number of hydrogen-bond donors (Lipinski definition) is 2. The van der Waals surface area contributed by atoms with E-state index in [0.29, 0.717) is 11.6 Å². The highest BCUT2D eigenvalue weighted by Gasteiger charge is 2.40. The molecule has 0 unspecified atom stereocenters. The quantitative estimate of drug-likeness (QED) is 0.731. The first kappa shape index (κ1) is 9.21. The molecule has 1 fully saturated rings. The highest BCUT2D eigenvalue weighted by Crippen LogP contribution is 2.30. The molecule has 5 nitrogen and oxygen atoms in total. The van der Waals surface area contributed by atoms with Gasteiger partial charge in [-0.05, 0) is 26.2 Å². The largest absolute Gasteiger partial charge is 0.360 e. The summed E-state index contributed by atoms with van der Waals surface area (Å²) in [5, 5.41) is 6.30. The van der Waals surface area contributed by atoms with E-state index in [1.807, 2.05) is 0 Å². The maximum absolute atomic E-state index is 11.6. The minimum absolute atomic E-state index is 0.169. The molecule has 14 heavy (non-hydrogen) atoms. The van der Waals surface area contributed by atoms with Crippen LogP contribution in [-0.2, 0) is 4.79 Å². The van der Waals surface area contributed by atoms with Gasteiger partial charge in [-0.15, -0.1) is 0 Å². The van der Waals surface area contributed by atoms with Crippen LogP contribution in [0.2, 0.25) is 0 Å². The molecule has 3 N–H and O–H groups in total. The third kappa shape index (κ3) is 1.50. The molecule has 1 aliphatic carbocycles. The van der Waals surface area contributed by atoms with Crippen molar-refractivity contribution in [1.82, 2.24) is 5.16 Å². The molecule has 0 spiro atoms. The number of nitrogens with two attached hydrogens (primary N) is 1.